The maximum atomic E-state index is 12.5. The van der Waals surface area contributed by atoms with Crippen LogP contribution in [-0.4, -0.2) is 45.7 Å². The summed E-state index contributed by atoms with van der Waals surface area (Å²) in [7, 11) is 3.07. The van der Waals surface area contributed by atoms with E-state index in [0.717, 1.165) is 6.42 Å². The quantitative estimate of drug-likeness (QED) is 0.431. The summed E-state index contributed by atoms with van der Waals surface area (Å²) in [4.78, 5) is 15.6. The fraction of sp³-hybridized carbons (Fsp3) is 0.529. The molecule has 146 valence electrons. The lowest BCUT2D eigenvalue weighted by atomic mass is 10.2. The van der Waals surface area contributed by atoms with Crippen molar-refractivity contribution in [1.82, 2.24) is 16.0 Å². The maximum Gasteiger partial charge on any atom is 0.387 e. The molecule has 1 aromatic rings. The molecule has 26 heavy (non-hydrogen) atoms. The largest absolute Gasteiger partial charge is 0.497 e. The zero-order valence-electron chi connectivity index (χ0n) is 15.3. The first-order valence-electron chi connectivity index (χ1n) is 8.33. The van der Waals surface area contributed by atoms with E-state index >= 15 is 0 Å². The summed E-state index contributed by atoms with van der Waals surface area (Å²) in [6, 6.07) is 4.58. The van der Waals surface area contributed by atoms with Crippen molar-refractivity contribution in [3.63, 3.8) is 0 Å². The molecule has 9 heteroatoms. The van der Waals surface area contributed by atoms with Crippen molar-refractivity contribution in [2.75, 3.05) is 27.2 Å². The van der Waals surface area contributed by atoms with Gasteiger partial charge in [-0.05, 0) is 24.6 Å². The van der Waals surface area contributed by atoms with Crippen LogP contribution in [0.25, 0.3) is 0 Å². The predicted molar refractivity (Wildman–Crippen MR) is 95.7 cm³/mol. The minimum absolute atomic E-state index is 0.0461. The Hall–Kier alpha value is -2.58. The fourth-order valence-corrected chi connectivity index (χ4v) is 2.08. The first-order chi connectivity index (χ1) is 12.5. The monoisotopic (exact) mass is 372 g/mol. The highest BCUT2D eigenvalue weighted by atomic mass is 19.3. The molecule has 0 fully saturated rings. The van der Waals surface area contributed by atoms with Gasteiger partial charge in [0.15, 0.2) is 5.96 Å². The Kier molecular flexibility index (Phi) is 9.81. The Morgan fingerprint density at radius 3 is 2.62 bits per heavy atom. The van der Waals surface area contributed by atoms with E-state index in [2.05, 4.69) is 25.7 Å². The molecule has 1 rings (SSSR count). The number of carbonyl (C=O) groups is 1. The van der Waals surface area contributed by atoms with E-state index in [0.29, 0.717) is 36.8 Å². The van der Waals surface area contributed by atoms with Gasteiger partial charge in [-0.1, -0.05) is 6.92 Å². The summed E-state index contributed by atoms with van der Waals surface area (Å²) in [5, 5.41) is 8.77. The fourth-order valence-electron chi connectivity index (χ4n) is 2.08. The molecule has 0 aliphatic carbocycles. The number of hydrogen-bond acceptors (Lipinski definition) is 4. The third kappa shape index (κ3) is 8.00. The highest BCUT2D eigenvalue weighted by Crippen LogP contribution is 2.25. The van der Waals surface area contributed by atoms with Crippen LogP contribution in [0.2, 0.25) is 0 Å². The lowest BCUT2D eigenvalue weighted by molar-refractivity contribution is -0.120. The Morgan fingerprint density at radius 2 is 2.00 bits per heavy atom. The Bertz CT molecular complexity index is 597. The second kappa shape index (κ2) is 11.9. The third-order valence-electron chi connectivity index (χ3n) is 3.37. The molecule has 0 atom stereocenters. The molecule has 0 radical (unpaired) electrons. The SMILES string of the molecule is CCCNC(=O)CCNC(=NC)NCc1cc(OC)ccc1OC(F)F. The molecule has 0 aliphatic heterocycles. The molecular weight excluding hydrogens is 346 g/mol. The predicted octanol–water partition coefficient (Wildman–Crippen LogP) is 1.88. The molecule has 0 aromatic heterocycles. The van der Waals surface area contributed by atoms with Gasteiger partial charge in [0, 0.05) is 38.7 Å². The van der Waals surface area contributed by atoms with Crippen molar-refractivity contribution < 1.29 is 23.0 Å². The van der Waals surface area contributed by atoms with Crippen molar-refractivity contribution in [3.8, 4) is 11.5 Å². The summed E-state index contributed by atoms with van der Waals surface area (Å²) in [5.41, 5.74) is 0.494. The molecule has 0 spiro atoms. The van der Waals surface area contributed by atoms with Gasteiger partial charge in [0.25, 0.3) is 0 Å². The molecule has 1 amide bonds. The molecule has 0 saturated carbocycles. The van der Waals surface area contributed by atoms with Crippen LogP contribution in [0, 0.1) is 0 Å². The number of benzene rings is 1. The summed E-state index contributed by atoms with van der Waals surface area (Å²) >= 11 is 0. The van der Waals surface area contributed by atoms with Gasteiger partial charge in [-0.15, -0.1) is 0 Å². The van der Waals surface area contributed by atoms with E-state index in [1.54, 1.807) is 19.2 Å². The second-order valence-electron chi connectivity index (χ2n) is 5.30. The van der Waals surface area contributed by atoms with Crippen LogP contribution in [0.4, 0.5) is 8.78 Å². The van der Waals surface area contributed by atoms with Gasteiger partial charge in [0.05, 0.1) is 7.11 Å². The lowest BCUT2D eigenvalue weighted by Gasteiger charge is -2.15. The first-order valence-corrected chi connectivity index (χ1v) is 8.33. The summed E-state index contributed by atoms with van der Waals surface area (Å²) < 4.78 is 34.7. The van der Waals surface area contributed by atoms with Gasteiger partial charge in [0.1, 0.15) is 11.5 Å². The molecule has 3 N–H and O–H groups in total. The van der Waals surface area contributed by atoms with Gasteiger partial charge in [-0.25, -0.2) is 0 Å². The summed E-state index contributed by atoms with van der Waals surface area (Å²) in [5.74, 6) is 0.982. The number of halogens is 2. The van der Waals surface area contributed by atoms with E-state index < -0.39 is 6.61 Å². The maximum absolute atomic E-state index is 12.5. The molecule has 0 aliphatic rings. The van der Waals surface area contributed by atoms with Gasteiger partial charge in [-0.2, -0.15) is 8.78 Å². The highest BCUT2D eigenvalue weighted by Gasteiger charge is 2.11. The number of amides is 1. The van der Waals surface area contributed by atoms with Crippen molar-refractivity contribution in [3.05, 3.63) is 23.8 Å². The van der Waals surface area contributed by atoms with Gasteiger partial charge in [-0.3, -0.25) is 9.79 Å². The van der Waals surface area contributed by atoms with E-state index in [9.17, 15) is 13.6 Å². The number of methoxy groups -OCH3 is 1. The van der Waals surface area contributed by atoms with Crippen LogP contribution < -0.4 is 25.4 Å². The van der Waals surface area contributed by atoms with Crippen LogP contribution >= 0.6 is 0 Å². The molecule has 0 heterocycles. The van der Waals surface area contributed by atoms with Crippen molar-refractivity contribution >= 4 is 11.9 Å². The molecule has 7 nitrogen and oxygen atoms in total. The number of carbonyl (C=O) groups excluding carboxylic acids is 1. The van der Waals surface area contributed by atoms with Gasteiger partial charge in [0.2, 0.25) is 5.91 Å². The molecule has 0 unspecified atom stereocenters. The van der Waals surface area contributed by atoms with Crippen molar-refractivity contribution in [2.45, 2.75) is 32.9 Å². The first kappa shape index (κ1) is 21.5. The van der Waals surface area contributed by atoms with Crippen LogP contribution in [0.15, 0.2) is 23.2 Å². The van der Waals surface area contributed by atoms with E-state index in [-0.39, 0.29) is 18.2 Å². The molecule has 0 saturated heterocycles. The Balaban J connectivity index is 2.58. The molecule has 0 bridgehead atoms. The zero-order valence-corrected chi connectivity index (χ0v) is 15.3. The van der Waals surface area contributed by atoms with Crippen LogP contribution in [0.5, 0.6) is 11.5 Å². The minimum Gasteiger partial charge on any atom is -0.497 e. The zero-order chi connectivity index (χ0) is 19.4. The minimum atomic E-state index is -2.92. The number of ether oxygens (including phenoxy) is 2. The standard InChI is InChI=1S/C17H26F2N4O3/c1-4-8-21-15(24)7-9-22-17(20-2)23-11-12-10-13(25-3)5-6-14(12)26-16(18)19/h5-6,10,16H,4,7-9,11H2,1-3H3,(H,21,24)(H2,20,22,23). The summed E-state index contributed by atoms with van der Waals surface area (Å²) in [6.45, 7) is 0.305. The van der Waals surface area contributed by atoms with Crippen LogP contribution in [0.3, 0.4) is 0 Å². The number of rotatable bonds is 10. The van der Waals surface area contributed by atoms with Crippen LogP contribution in [0.1, 0.15) is 25.3 Å². The smallest absolute Gasteiger partial charge is 0.387 e. The van der Waals surface area contributed by atoms with Gasteiger partial charge >= 0.3 is 6.61 Å². The van der Waals surface area contributed by atoms with E-state index in [1.807, 2.05) is 6.92 Å². The topological polar surface area (TPSA) is 84.0 Å². The number of alkyl halides is 2. The second-order valence-corrected chi connectivity index (χ2v) is 5.30. The number of guanidine groups is 1. The Labute approximate surface area is 152 Å². The number of hydrogen-bond donors (Lipinski definition) is 3. The van der Waals surface area contributed by atoms with Crippen LogP contribution in [-0.2, 0) is 11.3 Å². The number of nitrogens with zero attached hydrogens (tertiary/aromatic N) is 1. The normalized spacial score (nSPS) is 11.2. The number of aliphatic imine (C=N–C) groups is 1. The lowest BCUT2D eigenvalue weighted by Crippen LogP contribution is -2.39. The summed E-state index contributed by atoms with van der Waals surface area (Å²) in [6.07, 6.45) is 1.19. The highest BCUT2D eigenvalue weighted by molar-refractivity contribution is 5.81. The van der Waals surface area contributed by atoms with E-state index in [1.165, 1.54) is 13.2 Å². The third-order valence-corrected chi connectivity index (χ3v) is 3.37. The number of nitrogens with one attached hydrogen (secondary N) is 3. The molecular formula is C17H26F2N4O3. The van der Waals surface area contributed by atoms with Crippen molar-refractivity contribution in [2.24, 2.45) is 4.99 Å². The average molecular weight is 372 g/mol. The van der Waals surface area contributed by atoms with Gasteiger partial charge < -0.3 is 25.4 Å². The van der Waals surface area contributed by atoms with Crippen molar-refractivity contribution in [1.29, 1.82) is 0 Å². The Morgan fingerprint density at radius 1 is 1.23 bits per heavy atom. The van der Waals surface area contributed by atoms with E-state index in [4.69, 9.17) is 4.74 Å². The average Bonchev–Trinajstić information content (AvgIpc) is 2.63. The molecule has 1 aromatic carbocycles.